The molecule has 0 aromatic carbocycles. The van der Waals surface area contributed by atoms with Gasteiger partial charge in [0.2, 0.25) is 0 Å². The molecular formula is C12H17N3O2S2. The average Bonchev–Trinajstić information content (AvgIpc) is 2.97. The molecule has 0 aliphatic carbocycles. The van der Waals surface area contributed by atoms with Gasteiger partial charge in [0, 0.05) is 23.8 Å². The Morgan fingerprint density at radius 3 is 2.79 bits per heavy atom. The van der Waals surface area contributed by atoms with E-state index in [9.17, 15) is 8.42 Å². The summed E-state index contributed by atoms with van der Waals surface area (Å²) in [7, 11) is -3.45. The Labute approximate surface area is 117 Å². The fourth-order valence-corrected chi connectivity index (χ4v) is 4.21. The number of rotatable bonds is 5. The zero-order chi connectivity index (χ0) is 14.0. The summed E-state index contributed by atoms with van der Waals surface area (Å²) in [6, 6.07) is 3.03. The average molecular weight is 299 g/mol. The van der Waals surface area contributed by atoms with Crippen LogP contribution in [0.3, 0.4) is 0 Å². The van der Waals surface area contributed by atoms with Crippen LogP contribution < -0.4 is 4.72 Å². The first kappa shape index (κ1) is 14.2. The largest absolute Gasteiger partial charge is 0.270 e. The van der Waals surface area contributed by atoms with Crippen molar-refractivity contribution < 1.29 is 8.42 Å². The predicted molar refractivity (Wildman–Crippen MR) is 75.7 cm³/mol. The summed E-state index contributed by atoms with van der Waals surface area (Å²) in [6.45, 7) is 6.55. The van der Waals surface area contributed by atoms with Crippen LogP contribution in [0.4, 0.5) is 0 Å². The third-order valence-electron chi connectivity index (χ3n) is 3.00. The van der Waals surface area contributed by atoms with Gasteiger partial charge >= 0.3 is 0 Å². The Morgan fingerprint density at radius 1 is 1.53 bits per heavy atom. The summed E-state index contributed by atoms with van der Waals surface area (Å²) >= 11 is 1.21. The van der Waals surface area contributed by atoms with Crippen LogP contribution in [0.5, 0.6) is 0 Å². The molecule has 2 aromatic rings. The summed E-state index contributed by atoms with van der Waals surface area (Å²) < 4.78 is 29.1. The highest BCUT2D eigenvalue weighted by Crippen LogP contribution is 2.22. The molecule has 0 aliphatic heterocycles. The second-order valence-electron chi connectivity index (χ2n) is 4.28. The lowest BCUT2D eigenvalue weighted by Gasteiger charge is -2.13. The monoisotopic (exact) mass is 299 g/mol. The quantitative estimate of drug-likeness (QED) is 0.921. The third kappa shape index (κ3) is 2.88. The van der Waals surface area contributed by atoms with Gasteiger partial charge in [-0.15, -0.1) is 11.3 Å². The van der Waals surface area contributed by atoms with Crippen LogP contribution in [0.25, 0.3) is 0 Å². The van der Waals surface area contributed by atoms with Crippen LogP contribution in [0, 0.1) is 6.92 Å². The van der Waals surface area contributed by atoms with E-state index < -0.39 is 10.0 Å². The molecule has 2 heterocycles. The first-order valence-corrected chi connectivity index (χ1v) is 8.40. The van der Waals surface area contributed by atoms with Crippen LogP contribution >= 0.6 is 11.3 Å². The van der Waals surface area contributed by atoms with Gasteiger partial charge in [0.05, 0.1) is 6.20 Å². The molecule has 7 heteroatoms. The standard InChI is InChI=1S/C12H17N3O2S2/c1-4-15-10(3)11(8-13-15)9(2)14-19(16,17)12-6-5-7-18-12/h5-9,14H,4H2,1-3H3. The SMILES string of the molecule is CCn1ncc(C(C)NS(=O)(=O)c2cccs2)c1C. The maximum Gasteiger partial charge on any atom is 0.250 e. The van der Waals surface area contributed by atoms with Crippen molar-refractivity contribution in [1.82, 2.24) is 14.5 Å². The molecule has 1 atom stereocenters. The van der Waals surface area contributed by atoms with E-state index in [1.807, 2.05) is 25.5 Å². The molecule has 2 aromatic heterocycles. The number of hydrogen-bond donors (Lipinski definition) is 1. The van der Waals surface area contributed by atoms with Gasteiger partial charge < -0.3 is 0 Å². The van der Waals surface area contributed by atoms with E-state index >= 15 is 0 Å². The highest BCUT2D eigenvalue weighted by molar-refractivity contribution is 7.91. The van der Waals surface area contributed by atoms with Gasteiger partial charge in [0.25, 0.3) is 10.0 Å². The Balaban J connectivity index is 2.22. The number of aryl methyl sites for hydroxylation is 1. The fourth-order valence-electron chi connectivity index (χ4n) is 1.98. The van der Waals surface area contributed by atoms with E-state index in [4.69, 9.17) is 0 Å². The van der Waals surface area contributed by atoms with Crippen LogP contribution in [-0.2, 0) is 16.6 Å². The Bertz CT molecular complexity index is 645. The van der Waals surface area contributed by atoms with Gasteiger partial charge in [-0.3, -0.25) is 4.68 Å². The molecule has 5 nitrogen and oxygen atoms in total. The normalized spacial score (nSPS) is 13.6. The topological polar surface area (TPSA) is 64.0 Å². The van der Waals surface area contributed by atoms with E-state index in [2.05, 4.69) is 9.82 Å². The second kappa shape index (κ2) is 5.44. The minimum absolute atomic E-state index is 0.299. The van der Waals surface area contributed by atoms with Crippen molar-refractivity contribution in [3.8, 4) is 0 Å². The summed E-state index contributed by atoms with van der Waals surface area (Å²) in [5, 5.41) is 5.98. The van der Waals surface area contributed by atoms with Crippen molar-refractivity contribution in [2.75, 3.05) is 0 Å². The van der Waals surface area contributed by atoms with E-state index in [1.165, 1.54) is 11.3 Å². The Kier molecular flexibility index (Phi) is 4.07. The fraction of sp³-hybridized carbons (Fsp3) is 0.417. The van der Waals surface area contributed by atoms with E-state index in [0.29, 0.717) is 4.21 Å². The van der Waals surface area contributed by atoms with E-state index in [-0.39, 0.29) is 6.04 Å². The van der Waals surface area contributed by atoms with Gasteiger partial charge in [0.1, 0.15) is 4.21 Å². The molecule has 0 amide bonds. The molecule has 0 spiro atoms. The lowest BCUT2D eigenvalue weighted by atomic mass is 10.1. The van der Waals surface area contributed by atoms with Gasteiger partial charge in [-0.25, -0.2) is 13.1 Å². The maximum atomic E-state index is 12.1. The predicted octanol–water partition coefficient (Wildman–Crippen LogP) is 2.31. The van der Waals surface area contributed by atoms with Crippen molar-refractivity contribution in [2.45, 2.75) is 37.6 Å². The highest BCUT2D eigenvalue weighted by atomic mass is 32.2. The van der Waals surface area contributed by atoms with Gasteiger partial charge in [-0.05, 0) is 32.2 Å². The molecule has 0 bridgehead atoms. The van der Waals surface area contributed by atoms with Crippen molar-refractivity contribution in [2.24, 2.45) is 0 Å². The summed E-state index contributed by atoms with van der Waals surface area (Å²) in [6.07, 6.45) is 1.72. The molecule has 19 heavy (non-hydrogen) atoms. The summed E-state index contributed by atoms with van der Waals surface area (Å²) in [5.41, 5.74) is 1.89. The maximum absolute atomic E-state index is 12.1. The number of nitrogens with zero attached hydrogens (tertiary/aromatic N) is 2. The lowest BCUT2D eigenvalue weighted by molar-refractivity contribution is 0.567. The molecule has 0 saturated carbocycles. The second-order valence-corrected chi connectivity index (χ2v) is 7.16. The molecule has 0 saturated heterocycles. The molecule has 0 radical (unpaired) electrons. The number of thiophene rings is 1. The molecular weight excluding hydrogens is 282 g/mol. The molecule has 104 valence electrons. The lowest BCUT2D eigenvalue weighted by Crippen LogP contribution is -2.26. The van der Waals surface area contributed by atoms with Crippen LogP contribution in [-0.4, -0.2) is 18.2 Å². The number of hydrogen-bond acceptors (Lipinski definition) is 4. The minimum Gasteiger partial charge on any atom is -0.270 e. The number of nitrogens with one attached hydrogen (secondary N) is 1. The molecule has 1 unspecified atom stereocenters. The first-order valence-electron chi connectivity index (χ1n) is 6.04. The van der Waals surface area contributed by atoms with Crippen LogP contribution in [0.15, 0.2) is 27.9 Å². The van der Waals surface area contributed by atoms with Gasteiger partial charge in [0.15, 0.2) is 0 Å². The summed E-state index contributed by atoms with van der Waals surface area (Å²) in [4.78, 5) is 0. The minimum atomic E-state index is -3.45. The van der Waals surface area contributed by atoms with Crippen molar-refractivity contribution >= 4 is 21.4 Å². The van der Waals surface area contributed by atoms with Crippen molar-refractivity contribution in [1.29, 1.82) is 0 Å². The van der Waals surface area contributed by atoms with E-state index in [0.717, 1.165) is 17.8 Å². The Hall–Kier alpha value is -1.18. The smallest absolute Gasteiger partial charge is 0.250 e. The number of sulfonamides is 1. The summed E-state index contributed by atoms with van der Waals surface area (Å²) in [5.74, 6) is 0. The zero-order valence-electron chi connectivity index (χ0n) is 11.1. The van der Waals surface area contributed by atoms with E-state index in [1.54, 1.807) is 23.7 Å². The first-order chi connectivity index (χ1) is 8.95. The van der Waals surface area contributed by atoms with Gasteiger partial charge in [-0.2, -0.15) is 5.10 Å². The molecule has 1 N–H and O–H groups in total. The van der Waals surface area contributed by atoms with Crippen molar-refractivity contribution in [3.63, 3.8) is 0 Å². The van der Waals surface area contributed by atoms with Crippen LogP contribution in [0.2, 0.25) is 0 Å². The highest BCUT2D eigenvalue weighted by Gasteiger charge is 2.21. The van der Waals surface area contributed by atoms with Gasteiger partial charge in [-0.1, -0.05) is 6.07 Å². The van der Waals surface area contributed by atoms with Crippen molar-refractivity contribution in [3.05, 3.63) is 35.0 Å². The molecule has 2 rings (SSSR count). The van der Waals surface area contributed by atoms with Crippen LogP contribution in [0.1, 0.15) is 31.1 Å². The molecule has 0 fully saturated rings. The molecule has 0 aliphatic rings. The third-order valence-corrected chi connectivity index (χ3v) is 5.94. The zero-order valence-corrected chi connectivity index (χ0v) is 12.8. The Morgan fingerprint density at radius 2 is 2.26 bits per heavy atom. The number of aromatic nitrogens is 2.